The van der Waals surface area contributed by atoms with E-state index in [0.717, 1.165) is 9.86 Å². The second kappa shape index (κ2) is 7.01. The lowest BCUT2D eigenvalue weighted by Gasteiger charge is -2.30. The molecule has 5 nitrogen and oxygen atoms in total. The minimum atomic E-state index is -0.621. The van der Waals surface area contributed by atoms with E-state index in [1.54, 1.807) is 12.1 Å². The number of amides is 2. The fourth-order valence-corrected chi connectivity index (χ4v) is 3.41. The molecular weight excluding hydrogens is 374 g/mol. The van der Waals surface area contributed by atoms with Crippen molar-refractivity contribution < 1.29 is 19.1 Å². The Bertz CT molecular complexity index is 777. The molecule has 0 unspecified atom stereocenters. The van der Waals surface area contributed by atoms with Crippen LogP contribution in [0, 0.1) is 0 Å². The van der Waals surface area contributed by atoms with E-state index < -0.39 is 6.29 Å². The average molecular weight is 392 g/mol. The Kier molecular flexibility index (Phi) is 4.99. The van der Waals surface area contributed by atoms with Gasteiger partial charge in [0.1, 0.15) is 0 Å². The lowest BCUT2D eigenvalue weighted by Crippen LogP contribution is -2.45. The normalized spacial score (nSPS) is 14.1. The van der Waals surface area contributed by atoms with Crippen molar-refractivity contribution in [3.05, 3.63) is 45.9 Å². The van der Waals surface area contributed by atoms with Crippen LogP contribution >= 0.6 is 15.9 Å². The van der Waals surface area contributed by atoms with E-state index in [-0.39, 0.29) is 18.4 Å². The summed E-state index contributed by atoms with van der Waals surface area (Å²) in [7, 11) is 0. The summed E-state index contributed by atoms with van der Waals surface area (Å²) in [5, 5.41) is 1.56. The molecule has 1 aliphatic heterocycles. The van der Waals surface area contributed by atoms with Gasteiger partial charge in [0.15, 0.2) is 6.29 Å². The highest BCUT2D eigenvalue weighted by molar-refractivity contribution is 9.10. The molecule has 0 bridgehead atoms. The molecule has 0 atom stereocenters. The number of nitrogens with zero attached hydrogens (tertiary/aromatic N) is 1. The highest BCUT2D eigenvalue weighted by atomic mass is 79.9. The van der Waals surface area contributed by atoms with Crippen LogP contribution in [-0.2, 0) is 9.47 Å². The molecule has 126 valence electrons. The summed E-state index contributed by atoms with van der Waals surface area (Å²) in [4.78, 5) is 26.9. The van der Waals surface area contributed by atoms with Crippen LogP contribution in [0.3, 0.4) is 0 Å². The molecule has 2 amide bonds. The van der Waals surface area contributed by atoms with Crippen molar-refractivity contribution in [3.63, 3.8) is 0 Å². The number of ether oxygens (including phenoxy) is 2. The highest BCUT2D eigenvalue weighted by Gasteiger charge is 2.34. The van der Waals surface area contributed by atoms with Gasteiger partial charge in [-0.25, -0.2) is 0 Å². The lowest BCUT2D eigenvalue weighted by atomic mass is 9.94. The molecule has 1 aliphatic rings. The summed E-state index contributed by atoms with van der Waals surface area (Å²) >= 11 is 3.48. The molecule has 0 radical (unpaired) electrons. The second-order valence-electron chi connectivity index (χ2n) is 5.38. The predicted molar refractivity (Wildman–Crippen MR) is 94.1 cm³/mol. The van der Waals surface area contributed by atoms with Gasteiger partial charge in [0.05, 0.1) is 6.54 Å². The van der Waals surface area contributed by atoms with Gasteiger partial charge in [-0.05, 0) is 37.4 Å². The second-order valence-corrected chi connectivity index (χ2v) is 6.24. The first-order chi connectivity index (χ1) is 11.6. The van der Waals surface area contributed by atoms with Gasteiger partial charge in [0.25, 0.3) is 11.8 Å². The number of hydrogen-bond acceptors (Lipinski definition) is 4. The van der Waals surface area contributed by atoms with Gasteiger partial charge in [0.2, 0.25) is 0 Å². The topological polar surface area (TPSA) is 55.8 Å². The van der Waals surface area contributed by atoms with Crippen molar-refractivity contribution in [3.8, 4) is 0 Å². The van der Waals surface area contributed by atoms with Crippen molar-refractivity contribution in [2.75, 3.05) is 19.8 Å². The van der Waals surface area contributed by atoms with E-state index in [1.165, 1.54) is 4.90 Å². The lowest BCUT2D eigenvalue weighted by molar-refractivity contribution is -0.140. The van der Waals surface area contributed by atoms with Crippen LogP contribution in [-0.4, -0.2) is 42.8 Å². The predicted octanol–water partition coefficient (Wildman–Crippen LogP) is 3.60. The largest absolute Gasteiger partial charge is 0.351 e. The molecule has 2 aromatic rings. The van der Waals surface area contributed by atoms with Crippen molar-refractivity contribution in [1.82, 2.24) is 4.90 Å². The Balaban J connectivity index is 2.03. The molecule has 3 rings (SSSR count). The third kappa shape index (κ3) is 2.85. The Morgan fingerprint density at radius 3 is 2.25 bits per heavy atom. The SMILES string of the molecule is CCOC(CN1C(=O)c2cccc3c(Br)ccc(c23)C1=O)OCC. The van der Waals surface area contributed by atoms with Crippen LogP contribution in [0.15, 0.2) is 34.8 Å². The smallest absolute Gasteiger partial charge is 0.261 e. The first-order valence-corrected chi connectivity index (χ1v) is 8.68. The molecule has 24 heavy (non-hydrogen) atoms. The zero-order chi connectivity index (χ0) is 17.3. The number of hydrogen-bond donors (Lipinski definition) is 0. The number of imide groups is 1. The number of halogens is 1. The maximum absolute atomic E-state index is 12.8. The first-order valence-electron chi connectivity index (χ1n) is 7.89. The fraction of sp³-hybridized carbons (Fsp3) is 0.333. The fourth-order valence-electron chi connectivity index (χ4n) is 2.95. The summed E-state index contributed by atoms with van der Waals surface area (Å²) < 4.78 is 11.8. The van der Waals surface area contributed by atoms with Crippen LogP contribution in [0.5, 0.6) is 0 Å². The minimum Gasteiger partial charge on any atom is -0.351 e. The van der Waals surface area contributed by atoms with Crippen molar-refractivity contribution >= 4 is 38.5 Å². The van der Waals surface area contributed by atoms with Gasteiger partial charge in [-0.1, -0.05) is 28.1 Å². The Morgan fingerprint density at radius 1 is 1.00 bits per heavy atom. The maximum Gasteiger partial charge on any atom is 0.261 e. The van der Waals surface area contributed by atoms with Crippen LogP contribution in [0.4, 0.5) is 0 Å². The van der Waals surface area contributed by atoms with Crippen LogP contribution in [0.1, 0.15) is 34.6 Å². The van der Waals surface area contributed by atoms with E-state index in [4.69, 9.17) is 9.47 Å². The van der Waals surface area contributed by atoms with Gasteiger partial charge >= 0.3 is 0 Å². The molecule has 0 saturated heterocycles. The Hall–Kier alpha value is -1.76. The van der Waals surface area contributed by atoms with Crippen LogP contribution < -0.4 is 0 Å². The average Bonchev–Trinajstić information content (AvgIpc) is 2.58. The molecular formula is C18H18BrNO4. The Morgan fingerprint density at radius 2 is 1.62 bits per heavy atom. The molecule has 0 fully saturated rings. The van der Waals surface area contributed by atoms with E-state index in [1.807, 2.05) is 32.0 Å². The van der Waals surface area contributed by atoms with Crippen molar-refractivity contribution in [2.24, 2.45) is 0 Å². The van der Waals surface area contributed by atoms with Crippen LogP contribution in [0.2, 0.25) is 0 Å². The molecule has 0 saturated carbocycles. The van der Waals surface area contributed by atoms with E-state index in [2.05, 4.69) is 15.9 Å². The van der Waals surface area contributed by atoms with E-state index >= 15 is 0 Å². The highest BCUT2D eigenvalue weighted by Crippen LogP contribution is 2.34. The molecule has 1 heterocycles. The van der Waals surface area contributed by atoms with Gasteiger partial charge in [-0.15, -0.1) is 0 Å². The molecule has 0 N–H and O–H groups in total. The third-order valence-electron chi connectivity index (χ3n) is 3.98. The first kappa shape index (κ1) is 17.1. The number of benzene rings is 2. The van der Waals surface area contributed by atoms with Gasteiger partial charge in [-0.3, -0.25) is 14.5 Å². The summed E-state index contributed by atoms with van der Waals surface area (Å²) in [5.74, 6) is -0.638. The quantitative estimate of drug-likeness (QED) is 0.557. The maximum atomic E-state index is 12.8. The standard InChI is InChI=1S/C18H18BrNO4/c1-3-23-15(24-4-2)10-20-17(21)12-7-5-6-11-14(19)9-8-13(16(11)12)18(20)22/h5-9,15H,3-4,10H2,1-2H3. The zero-order valence-electron chi connectivity index (χ0n) is 13.5. The summed E-state index contributed by atoms with van der Waals surface area (Å²) in [6.45, 7) is 4.66. The van der Waals surface area contributed by atoms with Crippen LogP contribution in [0.25, 0.3) is 10.8 Å². The monoisotopic (exact) mass is 391 g/mol. The summed E-state index contributed by atoms with van der Waals surface area (Å²) in [6.07, 6.45) is -0.621. The van der Waals surface area contributed by atoms with E-state index in [9.17, 15) is 9.59 Å². The van der Waals surface area contributed by atoms with Gasteiger partial charge < -0.3 is 9.47 Å². The van der Waals surface area contributed by atoms with Crippen molar-refractivity contribution in [2.45, 2.75) is 20.1 Å². The van der Waals surface area contributed by atoms with Crippen molar-refractivity contribution in [1.29, 1.82) is 0 Å². The molecule has 2 aromatic carbocycles. The summed E-state index contributed by atoms with van der Waals surface area (Å²) in [6, 6.07) is 9.03. The molecule has 0 aromatic heterocycles. The molecule has 0 spiro atoms. The van der Waals surface area contributed by atoms with E-state index in [0.29, 0.717) is 29.7 Å². The number of rotatable bonds is 6. The Labute approximate surface area is 148 Å². The molecule has 6 heteroatoms. The minimum absolute atomic E-state index is 0.0746. The number of carbonyl (C=O) groups excluding carboxylic acids is 2. The third-order valence-corrected chi connectivity index (χ3v) is 4.67. The zero-order valence-corrected chi connectivity index (χ0v) is 15.1. The molecule has 0 aliphatic carbocycles. The van der Waals surface area contributed by atoms with Gasteiger partial charge in [0, 0.05) is 34.2 Å². The van der Waals surface area contributed by atoms with Gasteiger partial charge in [-0.2, -0.15) is 0 Å². The number of carbonyl (C=O) groups is 2. The summed E-state index contributed by atoms with van der Waals surface area (Å²) in [5.41, 5.74) is 1.05.